The average molecular weight is 225 g/mol. The van der Waals surface area contributed by atoms with Crippen LogP contribution in [0.1, 0.15) is 52.4 Å². The Morgan fingerprint density at radius 1 is 1.38 bits per heavy atom. The second kappa shape index (κ2) is 4.74. The van der Waals surface area contributed by atoms with Crippen molar-refractivity contribution >= 4 is 5.91 Å². The molecule has 3 heteroatoms. The lowest BCUT2D eigenvalue weighted by Gasteiger charge is -2.38. The number of aliphatic hydroxyl groups is 1. The van der Waals surface area contributed by atoms with Crippen LogP contribution in [0.25, 0.3) is 0 Å². The van der Waals surface area contributed by atoms with E-state index in [1.165, 1.54) is 0 Å². The Labute approximate surface area is 97.8 Å². The monoisotopic (exact) mass is 225 g/mol. The van der Waals surface area contributed by atoms with E-state index in [0.717, 1.165) is 38.5 Å². The first-order chi connectivity index (χ1) is 7.63. The van der Waals surface area contributed by atoms with Crippen molar-refractivity contribution in [3.8, 4) is 0 Å². The molecule has 2 heterocycles. The molecule has 2 bridgehead atoms. The van der Waals surface area contributed by atoms with E-state index in [-0.39, 0.29) is 12.0 Å². The maximum absolute atomic E-state index is 12.3. The van der Waals surface area contributed by atoms with Gasteiger partial charge in [0.1, 0.15) is 0 Å². The number of nitrogens with zero attached hydrogens (tertiary/aromatic N) is 1. The van der Waals surface area contributed by atoms with Gasteiger partial charge in [-0.15, -0.1) is 0 Å². The standard InChI is InChI=1S/C13H23NO2/c1-3-4-9(2)13(16)14-10-5-6-11(14)8-12(15)7-10/h9-12,15H,3-8H2,1-2H3. The van der Waals surface area contributed by atoms with E-state index in [1.807, 2.05) is 6.92 Å². The maximum atomic E-state index is 12.3. The molecule has 2 aliphatic rings. The lowest BCUT2D eigenvalue weighted by Crippen LogP contribution is -2.49. The fraction of sp³-hybridized carbons (Fsp3) is 0.923. The summed E-state index contributed by atoms with van der Waals surface area (Å²) in [5, 5.41) is 9.69. The second-order valence-electron chi connectivity index (χ2n) is 5.45. The van der Waals surface area contributed by atoms with Gasteiger partial charge in [0.2, 0.25) is 5.91 Å². The third kappa shape index (κ3) is 2.10. The zero-order valence-corrected chi connectivity index (χ0v) is 10.4. The molecule has 0 aromatic rings. The minimum atomic E-state index is -0.178. The molecule has 0 aromatic heterocycles. The Morgan fingerprint density at radius 2 is 1.94 bits per heavy atom. The summed E-state index contributed by atoms with van der Waals surface area (Å²) in [5.74, 6) is 0.476. The highest BCUT2D eigenvalue weighted by molar-refractivity contribution is 5.79. The van der Waals surface area contributed by atoms with Gasteiger partial charge in [0, 0.05) is 18.0 Å². The minimum Gasteiger partial charge on any atom is -0.393 e. The van der Waals surface area contributed by atoms with Crippen LogP contribution in [0.5, 0.6) is 0 Å². The number of amides is 1. The fourth-order valence-corrected chi connectivity index (χ4v) is 3.32. The first-order valence-corrected chi connectivity index (χ1v) is 6.63. The van der Waals surface area contributed by atoms with Crippen molar-refractivity contribution in [2.45, 2.75) is 70.6 Å². The molecule has 0 aromatic carbocycles. The van der Waals surface area contributed by atoms with Crippen LogP contribution in [0.4, 0.5) is 0 Å². The molecular formula is C13H23NO2. The van der Waals surface area contributed by atoms with Crippen molar-refractivity contribution < 1.29 is 9.90 Å². The molecule has 3 atom stereocenters. The zero-order valence-electron chi connectivity index (χ0n) is 10.4. The summed E-state index contributed by atoms with van der Waals surface area (Å²) in [7, 11) is 0. The number of hydrogen-bond acceptors (Lipinski definition) is 2. The summed E-state index contributed by atoms with van der Waals surface area (Å²) in [6.07, 6.45) is 5.64. The van der Waals surface area contributed by atoms with E-state index >= 15 is 0 Å². The normalized spacial score (nSPS) is 35.2. The summed E-state index contributed by atoms with van der Waals surface area (Å²) >= 11 is 0. The number of hydrogen-bond donors (Lipinski definition) is 1. The number of carbonyl (C=O) groups is 1. The van der Waals surface area contributed by atoms with Crippen molar-refractivity contribution in [2.75, 3.05) is 0 Å². The first kappa shape index (κ1) is 11.9. The molecule has 0 saturated carbocycles. The van der Waals surface area contributed by atoms with Crippen LogP contribution in [-0.4, -0.2) is 34.1 Å². The molecule has 0 spiro atoms. The molecule has 2 aliphatic heterocycles. The van der Waals surface area contributed by atoms with E-state index in [9.17, 15) is 9.90 Å². The van der Waals surface area contributed by atoms with Gasteiger partial charge < -0.3 is 10.0 Å². The molecule has 2 rings (SSSR count). The number of rotatable bonds is 3. The Kier molecular flexibility index (Phi) is 3.53. The number of fused-ring (bicyclic) bond motifs is 2. The molecule has 1 amide bonds. The number of piperidine rings is 1. The van der Waals surface area contributed by atoms with Gasteiger partial charge in [0.25, 0.3) is 0 Å². The van der Waals surface area contributed by atoms with Gasteiger partial charge in [0.15, 0.2) is 0 Å². The van der Waals surface area contributed by atoms with Crippen LogP contribution in [-0.2, 0) is 4.79 Å². The zero-order chi connectivity index (χ0) is 11.7. The number of carbonyl (C=O) groups excluding carboxylic acids is 1. The summed E-state index contributed by atoms with van der Waals surface area (Å²) < 4.78 is 0. The van der Waals surface area contributed by atoms with Gasteiger partial charge in [-0.1, -0.05) is 20.3 Å². The van der Waals surface area contributed by atoms with Crippen LogP contribution in [0.2, 0.25) is 0 Å². The predicted octanol–water partition coefficient (Wildman–Crippen LogP) is 1.94. The van der Waals surface area contributed by atoms with Crippen molar-refractivity contribution in [3.05, 3.63) is 0 Å². The Hall–Kier alpha value is -0.570. The lowest BCUT2D eigenvalue weighted by molar-refractivity contribution is -0.141. The molecule has 16 heavy (non-hydrogen) atoms. The molecule has 3 unspecified atom stereocenters. The van der Waals surface area contributed by atoms with Crippen LogP contribution < -0.4 is 0 Å². The third-order valence-corrected chi connectivity index (χ3v) is 4.11. The summed E-state index contributed by atoms with van der Waals surface area (Å²) in [6.45, 7) is 4.16. The highest BCUT2D eigenvalue weighted by atomic mass is 16.3. The van der Waals surface area contributed by atoms with Gasteiger partial charge in [-0.05, 0) is 32.1 Å². The van der Waals surface area contributed by atoms with Gasteiger partial charge in [-0.25, -0.2) is 0 Å². The van der Waals surface area contributed by atoms with Crippen LogP contribution in [0, 0.1) is 5.92 Å². The fourth-order valence-electron chi connectivity index (χ4n) is 3.32. The lowest BCUT2D eigenvalue weighted by atomic mass is 9.96. The van der Waals surface area contributed by atoms with E-state index < -0.39 is 0 Å². The smallest absolute Gasteiger partial charge is 0.225 e. The molecule has 2 fully saturated rings. The molecule has 2 saturated heterocycles. The number of aliphatic hydroxyl groups excluding tert-OH is 1. The molecule has 0 aliphatic carbocycles. The van der Waals surface area contributed by atoms with Crippen molar-refractivity contribution in [3.63, 3.8) is 0 Å². The quantitative estimate of drug-likeness (QED) is 0.797. The Balaban J connectivity index is 2.02. The SMILES string of the molecule is CCCC(C)C(=O)N1C2CCC1CC(O)C2. The second-order valence-corrected chi connectivity index (χ2v) is 5.45. The van der Waals surface area contributed by atoms with Gasteiger partial charge >= 0.3 is 0 Å². The van der Waals surface area contributed by atoms with E-state index in [2.05, 4.69) is 11.8 Å². The van der Waals surface area contributed by atoms with Crippen LogP contribution >= 0.6 is 0 Å². The summed E-state index contributed by atoms with van der Waals surface area (Å²) in [6, 6.07) is 0.640. The summed E-state index contributed by atoms with van der Waals surface area (Å²) in [5.41, 5.74) is 0. The molecule has 1 N–H and O–H groups in total. The summed E-state index contributed by atoms with van der Waals surface area (Å²) in [4.78, 5) is 14.4. The van der Waals surface area contributed by atoms with E-state index in [1.54, 1.807) is 0 Å². The Morgan fingerprint density at radius 3 is 2.44 bits per heavy atom. The van der Waals surface area contributed by atoms with Gasteiger partial charge in [-0.3, -0.25) is 4.79 Å². The largest absolute Gasteiger partial charge is 0.393 e. The minimum absolute atomic E-state index is 0.156. The topological polar surface area (TPSA) is 40.5 Å². The van der Waals surface area contributed by atoms with Crippen LogP contribution in [0.15, 0.2) is 0 Å². The van der Waals surface area contributed by atoms with Gasteiger partial charge in [0.05, 0.1) is 6.10 Å². The van der Waals surface area contributed by atoms with E-state index in [4.69, 9.17) is 0 Å². The van der Waals surface area contributed by atoms with E-state index in [0.29, 0.717) is 18.0 Å². The highest BCUT2D eigenvalue weighted by Gasteiger charge is 2.43. The Bertz CT molecular complexity index is 253. The molecular weight excluding hydrogens is 202 g/mol. The average Bonchev–Trinajstić information content (AvgIpc) is 2.50. The molecule has 92 valence electrons. The van der Waals surface area contributed by atoms with Crippen molar-refractivity contribution in [2.24, 2.45) is 5.92 Å². The van der Waals surface area contributed by atoms with Crippen molar-refractivity contribution in [1.29, 1.82) is 0 Å². The highest BCUT2D eigenvalue weighted by Crippen LogP contribution is 2.36. The third-order valence-electron chi connectivity index (χ3n) is 4.11. The molecule has 3 nitrogen and oxygen atoms in total. The first-order valence-electron chi connectivity index (χ1n) is 6.63. The molecule has 0 radical (unpaired) electrons. The van der Waals surface area contributed by atoms with Gasteiger partial charge in [-0.2, -0.15) is 0 Å². The predicted molar refractivity (Wildman–Crippen MR) is 63.0 cm³/mol. The van der Waals surface area contributed by atoms with Crippen molar-refractivity contribution in [1.82, 2.24) is 4.90 Å². The maximum Gasteiger partial charge on any atom is 0.225 e. The van der Waals surface area contributed by atoms with Crippen LogP contribution in [0.3, 0.4) is 0 Å².